The molecule has 0 aliphatic carbocycles. The molecule has 0 unspecified atom stereocenters. The Morgan fingerprint density at radius 2 is 0.971 bits per heavy atom. The summed E-state index contributed by atoms with van der Waals surface area (Å²) in [4.78, 5) is 46.2. The number of nitrogens with zero attached hydrogens (tertiary/aromatic N) is 1. The average molecular weight is 1040 g/mol. The lowest BCUT2D eigenvalue weighted by atomic mass is 10.0. The molecule has 14 nitrogen and oxygen atoms in total. The first kappa shape index (κ1) is 54.8. The fraction of sp³-hybridized carbons (Fsp3) is 0.231. The van der Waals surface area contributed by atoms with E-state index in [1.165, 1.54) is 24.3 Å². The van der Waals surface area contributed by atoms with Gasteiger partial charge in [0.2, 0.25) is 0 Å². The zero-order chi connectivity index (χ0) is 50.6. The van der Waals surface area contributed by atoms with Crippen LogP contribution in [0.4, 0.5) is 11.4 Å². The van der Waals surface area contributed by atoms with Crippen LogP contribution in [0.15, 0.2) is 143 Å². The van der Waals surface area contributed by atoms with Crippen LogP contribution in [-0.2, 0) is 58.2 Å². The number of alkyl halides is 1. The molecule has 17 heteroatoms. The number of carbonyl (C=O) groups excluding carboxylic acids is 4. The molecule has 0 atom stereocenters. The first-order valence-corrected chi connectivity index (χ1v) is 25.8. The average Bonchev–Trinajstić information content (AvgIpc) is 3.33. The maximum atomic E-state index is 13.6. The van der Waals surface area contributed by atoms with E-state index in [2.05, 4.69) is 25.4 Å². The zero-order valence-corrected chi connectivity index (χ0v) is 42.4. The van der Waals surface area contributed by atoms with E-state index in [0.29, 0.717) is 46.3 Å². The van der Waals surface area contributed by atoms with E-state index in [0.717, 1.165) is 31.8 Å². The first-order chi connectivity index (χ1) is 33.0. The van der Waals surface area contributed by atoms with Gasteiger partial charge in [0.25, 0.3) is 20.0 Å². The highest BCUT2D eigenvalue weighted by atomic mass is 79.9. The monoisotopic (exact) mass is 1040 g/mol. The van der Waals surface area contributed by atoms with Crippen molar-refractivity contribution in [3.05, 3.63) is 156 Å². The van der Waals surface area contributed by atoms with Crippen LogP contribution in [-0.4, -0.2) is 79.0 Å². The van der Waals surface area contributed by atoms with E-state index < -0.39 is 44.5 Å². The Morgan fingerprint density at radius 1 is 0.536 bits per heavy atom. The number of rotatable bonds is 17. The second kappa shape index (κ2) is 26.7. The summed E-state index contributed by atoms with van der Waals surface area (Å²) in [5, 5.41) is 3.18. The molecule has 0 bridgehead atoms. The van der Waals surface area contributed by atoms with Crippen molar-refractivity contribution >= 4 is 105 Å². The van der Waals surface area contributed by atoms with E-state index in [1.807, 2.05) is 50.2 Å². The van der Waals surface area contributed by atoms with Crippen LogP contribution in [0.5, 0.6) is 0 Å². The van der Waals surface area contributed by atoms with E-state index in [-0.39, 0.29) is 29.0 Å². The van der Waals surface area contributed by atoms with E-state index in [9.17, 15) is 36.0 Å². The number of fused-ring (bicyclic) bond motifs is 2. The van der Waals surface area contributed by atoms with Crippen molar-refractivity contribution in [3.8, 4) is 0 Å². The maximum Gasteiger partial charge on any atom is 0.330 e. The predicted molar refractivity (Wildman–Crippen MR) is 274 cm³/mol. The second-order valence-electron chi connectivity index (χ2n) is 14.6. The zero-order valence-electron chi connectivity index (χ0n) is 39.1. The van der Waals surface area contributed by atoms with Gasteiger partial charge in [0, 0.05) is 22.9 Å². The summed E-state index contributed by atoms with van der Waals surface area (Å²) in [6.45, 7) is 11.4. The molecule has 0 fully saturated rings. The molecule has 0 saturated carbocycles. The number of nitrogens with one attached hydrogen (secondary N) is 1. The summed E-state index contributed by atoms with van der Waals surface area (Å²) in [7, 11) is -7.79. The number of hydrogen-bond acceptors (Lipinski definition) is 12. The molecule has 0 aliphatic heterocycles. The Kier molecular flexibility index (Phi) is 21.2. The molecule has 0 amide bonds. The summed E-state index contributed by atoms with van der Waals surface area (Å²) < 4.78 is 75.9. The molecule has 0 radical (unpaired) electrons. The molecular formula is C52H55BrN2O12S2. The van der Waals surface area contributed by atoms with E-state index in [4.69, 9.17) is 14.2 Å². The Bertz CT molecular complexity index is 3010. The van der Waals surface area contributed by atoms with Crippen LogP contribution >= 0.6 is 15.9 Å². The van der Waals surface area contributed by atoms with Crippen molar-refractivity contribution < 1.29 is 55.0 Å². The van der Waals surface area contributed by atoms with Gasteiger partial charge in [-0.05, 0) is 112 Å². The molecule has 0 spiro atoms. The van der Waals surface area contributed by atoms with Gasteiger partial charge in [-0.3, -0.25) is 18.6 Å². The molecule has 6 aromatic carbocycles. The normalized spacial score (nSPS) is 11.2. The molecule has 364 valence electrons. The quantitative estimate of drug-likeness (QED) is 0.0395. The number of halogens is 1. The van der Waals surface area contributed by atoms with Crippen molar-refractivity contribution in [1.29, 1.82) is 0 Å². The number of sulfonamides is 2. The van der Waals surface area contributed by atoms with Gasteiger partial charge >= 0.3 is 23.9 Å². The highest BCUT2D eigenvalue weighted by Crippen LogP contribution is 2.34. The SMILES string of the molecule is CCOC(=O)/C=C/c1ccc(N(CC(=O)OCC)S(=O)(=O)c2ccc(C)cc2)c2ccccc12.CCOC(=O)/C=C/c1ccc(NS(=O)(=O)c2ccc(C)cc2)c2ccccc12.CCOC(=O)CBr. The number of ether oxygens (including phenoxy) is 4. The molecule has 6 rings (SSSR count). The third-order valence-corrected chi connectivity index (χ3v) is 13.3. The highest BCUT2D eigenvalue weighted by Gasteiger charge is 2.29. The van der Waals surface area contributed by atoms with Gasteiger partial charge in [-0.1, -0.05) is 112 Å². The highest BCUT2D eigenvalue weighted by molar-refractivity contribution is 9.09. The van der Waals surface area contributed by atoms with Gasteiger partial charge in [0.15, 0.2) is 0 Å². The number of aryl methyl sites for hydroxylation is 2. The van der Waals surface area contributed by atoms with Crippen LogP contribution in [0.25, 0.3) is 33.7 Å². The van der Waals surface area contributed by atoms with Gasteiger partial charge in [-0.2, -0.15) is 0 Å². The van der Waals surface area contributed by atoms with Crippen molar-refractivity contribution in [2.45, 2.75) is 51.3 Å². The Hall–Kier alpha value is -6.82. The standard InChI is InChI=1S/C26H27NO6S.C22H21NO4S.C4H7BrO2/c1-4-32-25(28)17-13-20-12-16-24(23-9-7-6-8-22(20)23)27(18-26(29)33-5-2)34(30,31)21-14-10-19(3)11-15-21;1-3-27-22(24)15-11-17-10-14-21(20-7-5-4-6-19(17)20)23-28(25,26)18-12-8-16(2)9-13-18;1-2-7-4(6)3-5/h6-17H,4-5,18H2,1-3H3;4-15,23H,3H2,1-2H3;2-3H2,1H3/b17-13+;15-11+;. The molecule has 69 heavy (non-hydrogen) atoms. The van der Waals surface area contributed by atoms with Gasteiger partial charge in [-0.15, -0.1) is 0 Å². The van der Waals surface area contributed by atoms with Gasteiger partial charge in [-0.25, -0.2) is 26.4 Å². The Labute approximate surface area is 412 Å². The van der Waals surface area contributed by atoms with Crippen molar-refractivity contribution in [3.63, 3.8) is 0 Å². The Balaban J connectivity index is 0.000000267. The van der Waals surface area contributed by atoms with Crippen LogP contribution in [0, 0.1) is 13.8 Å². The number of hydrogen-bond donors (Lipinski definition) is 1. The minimum atomic E-state index is -4.08. The van der Waals surface area contributed by atoms with Gasteiger partial charge in [0.05, 0.1) is 47.6 Å². The lowest BCUT2D eigenvalue weighted by molar-refractivity contribution is -0.141. The molecule has 6 aromatic rings. The van der Waals surface area contributed by atoms with Crippen LogP contribution < -0.4 is 9.03 Å². The number of carbonyl (C=O) groups is 4. The summed E-state index contributed by atoms with van der Waals surface area (Å²) in [6.07, 6.45) is 5.97. The molecular weight excluding hydrogens is 989 g/mol. The van der Waals surface area contributed by atoms with Crippen LogP contribution in [0.3, 0.4) is 0 Å². The third kappa shape index (κ3) is 15.9. The maximum absolute atomic E-state index is 13.6. The topological polar surface area (TPSA) is 189 Å². The van der Waals surface area contributed by atoms with Crippen molar-refractivity contribution in [1.82, 2.24) is 0 Å². The minimum Gasteiger partial charge on any atom is -0.465 e. The molecule has 0 saturated heterocycles. The van der Waals surface area contributed by atoms with Crippen LogP contribution in [0.1, 0.15) is 49.9 Å². The molecule has 0 heterocycles. The van der Waals surface area contributed by atoms with Crippen molar-refractivity contribution in [2.75, 3.05) is 47.3 Å². The first-order valence-electron chi connectivity index (χ1n) is 21.8. The predicted octanol–water partition coefficient (Wildman–Crippen LogP) is 9.95. The summed E-state index contributed by atoms with van der Waals surface area (Å²) >= 11 is 2.94. The number of benzene rings is 6. The summed E-state index contributed by atoms with van der Waals surface area (Å²) in [5.41, 5.74) is 4.21. The lowest BCUT2D eigenvalue weighted by Gasteiger charge is -2.25. The molecule has 0 aromatic heterocycles. The fourth-order valence-electron chi connectivity index (χ4n) is 6.50. The van der Waals surface area contributed by atoms with Gasteiger partial charge in [0.1, 0.15) is 11.9 Å². The lowest BCUT2D eigenvalue weighted by Crippen LogP contribution is -2.36. The number of anilines is 2. The number of esters is 4. The van der Waals surface area contributed by atoms with Crippen molar-refractivity contribution in [2.24, 2.45) is 0 Å². The third-order valence-electron chi connectivity index (χ3n) is 9.71. The molecule has 1 N–H and O–H groups in total. The summed E-state index contributed by atoms with van der Waals surface area (Å²) in [6, 6.07) is 34.5. The smallest absolute Gasteiger partial charge is 0.330 e. The minimum absolute atomic E-state index is 0.0674. The van der Waals surface area contributed by atoms with E-state index in [1.54, 1.807) is 113 Å². The van der Waals surface area contributed by atoms with Gasteiger partial charge < -0.3 is 18.9 Å². The largest absolute Gasteiger partial charge is 0.465 e. The van der Waals surface area contributed by atoms with Crippen LogP contribution in [0.2, 0.25) is 0 Å². The molecule has 0 aliphatic rings. The Morgan fingerprint density at radius 3 is 1.45 bits per heavy atom. The second-order valence-corrected chi connectivity index (χ2v) is 18.7. The summed E-state index contributed by atoms with van der Waals surface area (Å²) in [5.74, 6) is -1.76. The van der Waals surface area contributed by atoms with E-state index >= 15 is 0 Å². The fourth-order valence-corrected chi connectivity index (χ4v) is 9.17.